The summed E-state index contributed by atoms with van der Waals surface area (Å²) in [5.41, 5.74) is 0.550. The van der Waals surface area contributed by atoms with Gasteiger partial charge in [-0.05, 0) is 18.6 Å². The molecular weight excluding hydrogens is 263 g/mol. The van der Waals surface area contributed by atoms with E-state index in [2.05, 4.69) is 23.7 Å². The predicted octanol–water partition coefficient (Wildman–Crippen LogP) is 2.47. The van der Waals surface area contributed by atoms with E-state index in [4.69, 9.17) is 0 Å². The van der Waals surface area contributed by atoms with E-state index >= 15 is 0 Å². The lowest BCUT2D eigenvalue weighted by molar-refractivity contribution is 0.137. The van der Waals surface area contributed by atoms with Gasteiger partial charge in [0, 0.05) is 30.1 Å². The molecule has 1 saturated heterocycles. The number of aliphatic hydroxyl groups excluding tert-OH is 1. The minimum atomic E-state index is -0.610. The summed E-state index contributed by atoms with van der Waals surface area (Å²) in [6.07, 6.45) is 1.18. The molecule has 1 aromatic rings. The quantitative estimate of drug-likeness (QED) is 0.921. The standard InChI is InChI=1S/C14H21FN2OS/c1-10-8-17(9-11(2)19-10)6-5-14(18)13-4-3-12(15)7-16-13/h3-4,7,10-11,14,18H,5-6,8-9H2,1-2H3. The Balaban J connectivity index is 1.83. The molecule has 0 aliphatic carbocycles. The third kappa shape index (κ3) is 4.44. The second kappa shape index (κ2) is 6.68. The highest BCUT2D eigenvalue weighted by Gasteiger charge is 2.22. The summed E-state index contributed by atoms with van der Waals surface area (Å²) in [6, 6.07) is 2.89. The van der Waals surface area contributed by atoms with Gasteiger partial charge in [-0.1, -0.05) is 13.8 Å². The van der Waals surface area contributed by atoms with Gasteiger partial charge in [0.2, 0.25) is 0 Å². The van der Waals surface area contributed by atoms with Crippen molar-refractivity contribution in [2.45, 2.75) is 36.9 Å². The molecule has 1 aliphatic heterocycles. The van der Waals surface area contributed by atoms with E-state index in [1.807, 2.05) is 11.8 Å². The van der Waals surface area contributed by atoms with Crippen LogP contribution in [0.15, 0.2) is 18.3 Å². The molecule has 1 N–H and O–H groups in total. The van der Waals surface area contributed by atoms with E-state index < -0.39 is 6.10 Å². The van der Waals surface area contributed by atoms with Crippen molar-refractivity contribution in [3.63, 3.8) is 0 Å². The molecule has 0 bridgehead atoms. The van der Waals surface area contributed by atoms with Gasteiger partial charge in [0.15, 0.2) is 0 Å². The molecule has 1 aromatic heterocycles. The second-order valence-corrected chi connectivity index (χ2v) is 7.10. The number of aliphatic hydroxyl groups is 1. The van der Waals surface area contributed by atoms with Gasteiger partial charge in [-0.25, -0.2) is 4.39 Å². The highest BCUT2D eigenvalue weighted by atomic mass is 32.2. The van der Waals surface area contributed by atoms with Crippen molar-refractivity contribution in [1.29, 1.82) is 0 Å². The third-order valence-electron chi connectivity index (χ3n) is 3.31. The molecule has 3 nitrogen and oxygen atoms in total. The Labute approximate surface area is 118 Å². The zero-order valence-electron chi connectivity index (χ0n) is 11.4. The van der Waals surface area contributed by atoms with E-state index in [1.54, 1.807) is 6.07 Å². The van der Waals surface area contributed by atoms with Crippen molar-refractivity contribution in [2.75, 3.05) is 19.6 Å². The number of pyridine rings is 1. The first kappa shape index (κ1) is 14.8. The molecule has 0 spiro atoms. The summed E-state index contributed by atoms with van der Waals surface area (Å²) in [7, 11) is 0. The lowest BCUT2D eigenvalue weighted by Gasteiger charge is -2.34. The number of nitrogens with zero attached hydrogens (tertiary/aromatic N) is 2. The van der Waals surface area contributed by atoms with Gasteiger partial charge in [0.05, 0.1) is 18.0 Å². The van der Waals surface area contributed by atoms with Crippen LogP contribution in [0.4, 0.5) is 4.39 Å². The molecule has 2 heterocycles. The molecule has 1 fully saturated rings. The Hall–Kier alpha value is -0.650. The Bertz CT molecular complexity index is 391. The smallest absolute Gasteiger partial charge is 0.141 e. The molecule has 0 amide bonds. The summed E-state index contributed by atoms with van der Waals surface area (Å²) in [5.74, 6) is -0.369. The van der Waals surface area contributed by atoms with E-state index in [0.29, 0.717) is 22.6 Å². The molecule has 0 aromatic carbocycles. The van der Waals surface area contributed by atoms with Crippen molar-refractivity contribution in [3.8, 4) is 0 Å². The predicted molar refractivity (Wildman–Crippen MR) is 76.7 cm³/mol. The number of rotatable bonds is 4. The third-order valence-corrected chi connectivity index (χ3v) is 4.53. The van der Waals surface area contributed by atoms with E-state index in [-0.39, 0.29) is 5.82 Å². The molecule has 2 rings (SSSR count). The minimum Gasteiger partial charge on any atom is -0.387 e. The van der Waals surface area contributed by atoms with Gasteiger partial charge in [0.1, 0.15) is 5.82 Å². The average Bonchev–Trinajstić information content (AvgIpc) is 2.36. The summed E-state index contributed by atoms with van der Waals surface area (Å²) in [4.78, 5) is 6.31. The lowest BCUT2D eigenvalue weighted by Crippen LogP contribution is -2.41. The van der Waals surface area contributed by atoms with Crippen molar-refractivity contribution in [1.82, 2.24) is 9.88 Å². The highest BCUT2D eigenvalue weighted by Crippen LogP contribution is 2.25. The molecular formula is C14H21FN2OS. The van der Waals surface area contributed by atoms with Crippen molar-refractivity contribution in [3.05, 3.63) is 29.8 Å². The van der Waals surface area contributed by atoms with Gasteiger partial charge in [-0.2, -0.15) is 11.8 Å². The molecule has 3 atom stereocenters. The van der Waals surface area contributed by atoms with Crippen LogP contribution in [0.1, 0.15) is 32.1 Å². The Morgan fingerprint density at radius 3 is 2.68 bits per heavy atom. The van der Waals surface area contributed by atoms with Gasteiger partial charge in [-0.15, -0.1) is 0 Å². The Morgan fingerprint density at radius 2 is 2.11 bits per heavy atom. The van der Waals surface area contributed by atoms with E-state index in [0.717, 1.165) is 25.8 Å². The van der Waals surface area contributed by atoms with Crippen LogP contribution < -0.4 is 0 Å². The topological polar surface area (TPSA) is 36.4 Å². The molecule has 106 valence electrons. The Morgan fingerprint density at radius 1 is 1.42 bits per heavy atom. The fraction of sp³-hybridized carbons (Fsp3) is 0.643. The zero-order chi connectivity index (χ0) is 13.8. The van der Waals surface area contributed by atoms with Crippen LogP contribution in [-0.2, 0) is 0 Å². The van der Waals surface area contributed by atoms with Gasteiger partial charge in [0.25, 0.3) is 0 Å². The van der Waals surface area contributed by atoms with Crippen LogP contribution in [0.2, 0.25) is 0 Å². The Kier molecular flexibility index (Phi) is 5.19. The molecule has 1 aliphatic rings. The summed E-state index contributed by atoms with van der Waals surface area (Å²) in [5, 5.41) is 11.3. The number of aromatic nitrogens is 1. The molecule has 0 radical (unpaired) electrons. The second-order valence-electron chi connectivity index (χ2n) is 5.22. The van der Waals surface area contributed by atoms with Crippen LogP contribution in [0.25, 0.3) is 0 Å². The van der Waals surface area contributed by atoms with Crippen LogP contribution in [-0.4, -0.2) is 45.1 Å². The van der Waals surface area contributed by atoms with E-state index in [9.17, 15) is 9.50 Å². The lowest BCUT2D eigenvalue weighted by atomic mass is 10.1. The van der Waals surface area contributed by atoms with Crippen molar-refractivity contribution < 1.29 is 9.50 Å². The number of hydrogen-bond acceptors (Lipinski definition) is 4. The van der Waals surface area contributed by atoms with Gasteiger partial charge >= 0.3 is 0 Å². The van der Waals surface area contributed by atoms with Gasteiger partial charge < -0.3 is 10.0 Å². The maximum absolute atomic E-state index is 12.8. The number of thioether (sulfide) groups is 1. The largest absolute Gasteiger partial charge is 0.387 e. The minimum absolute atomic E-state index is 0.369. The maximum Gasteiger partial charge on any atom is 0.141 e. The summed E-state index contributed by atoms with van der Waals surface area (Å²) < 4.78 is 12.8. The normalized spacial score (nSPS) is 26.3. The average molecular weight is 284 g/mol. The van der Waals surface area contributed by atoms with Crippen molar-refractivity contribution in [2.24, 2.45) is 0 Å². The molecule has 5 heteroatoms. The molecule has 19 heavy (non-hydrogen) atoms. The molecule has 3 unspecified atom stereocenters. The van der Waals surface area contributed by atoms with E-state index in [1.165, 1.54) is 6.07 Å². The summed E-state index contributed by atoms with van der Waals surface area (Å²) >= 11 is 2.02. The maximum atomic E-state index is 12.8. The van der Waals surface area contributed by atoms with Crippen LogP contribution >= 0.6 is 11.8 Å². The fourth-order valence-corrected chi connectivity index (χ4v) is 3.89. The summed E-state index contributed by atoms with van der Waals surface area (Å²) in [6.45, 7) is 7.48. The van der Waals surface area contributed by atoms with Crippen LogP contribution in [0.5, 0.6) is 0 Å². The first-order valence-electron chi connectivity index (χ1n) is 6.72. The van der Waals surface area contributed by atoms with Crippen molar-refractivity contribution >= 4 is 11.8 Å². The zero-order valence-corrected chi connectivity index (χ0v) is 12.2. The SMILES string of the molecule is CC1CN(CCC(O)c2ccc(F)cn2)CC(C)S1. The highest BCUT2D eigenvalue weighted by molar-refractivity contribution is 8.00. The first-order valence-corrected chi connectivity index (χ1v) is 7.66. The number of halogens is 1. The van der Waals surface area contributed by atoms with Gasteiger partial charge in [-0.3, -0.25) is 4.98 Å². The fourth-order valence-electron chi connectivity index (χ4n) is 2.50. The molecule has 0 saturated carbocycles. The van der Waals surface area contributed by atoms with Crippen LogP contribution in [0, 0.1) is 5.82 Å². The number of hydrogen-bond donors (Lipinski definition) is 1. The van der Waals surface area contributed by atoms with Crippen LogP contribution in [0.3, 0.4) is 0 Å². The monoisotopic (exact) mass is 284 g/mol. The first-order chi connectivity index (χ1) is 9.04.